The van der Waals surface area contributed by atoms with Gasteiger partial charge in [0.05, 0.1) is 43.2 Å². The number of nitrogens with zero attached hydrogens (tertiary/aromatic N) is 3. The Balaban J connectivity index is 1.99. The molecule has 6 heteroatoms. The lowest BCUT2D eigenvalue weighted by molar-refractivity contribution is 0.211. The lowest BCUT2D eigenvalue weighted by Gasteiger charge is -2.13. The molecule has 0 aliphatic heterocycles. The van der Waals surface area contributed by atoms with Crippen LogP contribution in [0.1, 0.15) is 11.3 Å². The number of hydrogen-bond acceptors (Lipinski definition) is 5. The molecular weight excluding hydrogens is 304 g/mol. The molecule has 126 valence electrons. The second kappa shape index (κ2) is 7.31. The number of anilines is 1. The second-order valence-corrected chi connectivity index (χ2v) is 5.60. The summed E-state index contributed by atoms with van der Waals surface area (Å²) in [5.74, 6) is 0.785. The topological polar surface area (TPSA) is 61.2 Å². The van der Waals surface area contributed by atoms with Gasteiger partial charge in [-0.05, 0) is 25.1 Å². The molecule has 3 rings (SSSR count). The van der Waals surface area contributed by atoms with Crippen LogP contribution in [0.5, 0.6) is 5.75 Å². The molecule has 0 fully saturated rings. The maximum Gasteiger partial charge on any atom is 0.142 e. The lowest BCUT2D eigenvalue weighted by Crippen LogP contribution is -2.10. The first-order chi connectivity index (χ1) is 11.7. The van der Waals surface area contributed by atoms with Gasteiger partial charge in [-0.1, -0.05) is 0 Å². The summed E-state index contributed by atoms with van der Waals surface area (Å²) in [7, 11) is 3.37. The lowest BCUT2D eigenvalue weighted by atomic mass is 10.2. The van der Waals surface area contributed by atoms with Crippen molar-refractivity contribution >= 4 is 16.7 Å². The average molecular weight is 326 g/mol. The molecule has 3 aromatic rings. The Bertz CT molecular complexity index is 829. The van der Waals surface area contributed by atoms with Gasteiger partial charge in [-0.3, -0.25) is 9.97 Å². The van der Waals surface area contributed by atoms with Crippen LogP contribution in [0.3, 0.4) is 0 Å². The third-order valence-corrected chi connectivity index (χ3v) is 3.90. The highest BCUT2D eigenvalue weighted by Gasteiger charge is 2.11. The number of fused-ring (bicyclic) bond motifs is 1. The van der Waals surface area contributed by atoms with Gasteiger partial charge in [0.2, 0.25) is 0 Å². The maximum atomic E-state index is 5.41. The van der Waals surface area contributed by atoms with Gasteiger partial charge in [0.15, 0.2) is 0 Å². The zero-order chi connectivity index (χ0) is 16.9. The highest BCUT2D eigenvalue weighted by molar-refractivity contribution is 5.89. The van der Waals surface area contributed by atoms with E-state index >= 15 is 0 Å². The molecule has 0 amide bonds. The van der Waals surface area contributed by atoms with Gasteiger partial charge in [-0.2, -0.15) is 0 Å². The first-order valence-electron chi connectivity index (χ1n) is 7.89. The van der Waals surface area contributed by atoms with Gasteiger partial charge in [0.25, 0.3) is 0 Å². The van der Waals surface area contributed by atoms with Crippen molar-refractivity contribution in [3.8, 4) is 5.75 Å². The third kappa shape index (κ3) is 3.33. The number of nitrogens with one attached hydrogen (secondary N) is 1. The molecule has 24 heavy (non-hydrogen) atoms. The molecule has 0 aliphatic carbocycles. The van der Waals surface area contributed by atoms with Crippen LogP contribution < -0.4 is 10.1 Å². The fraction of sp³-hybridized carbons (Fsp3) is 0.333. The summed E-state index contributed by atoms with van der Waals surface area (Å²) >= 11 is 0. The zero-order valence-corrected chi connectivity index (χ0v) is 14.2. The molecule has 6 nitrogen and oxygen atoms in total. The average Bonchev–Trinajstić information content (AvgIpc) is 2.98. The highest BCUT2D eigenvalue weighted by Crippen LogP contribution is 2.26. The van der Waals surface area contributed by atoms with E-state index in [4.69, 9.17) is 9.47 Å². The van der Waals surface area contributed by atoms with E-state index in [1.165, 1.54) is 0 Å². The minimum absolute atomic E-state index is 0.655. The van der Waals surface area contributed by atoms with Gasteiger partial charge in [0, 0.05) is 37.3 Å². The van der Waals surface area contributed by atoms with Crippen molar-refractivity contribution in [2.75, 3.05) is 32.7 Å². The summed E-state index contributed by atoms with van der Waals surface area (Å²) in [6.45, 7) is 4.10. The fourth-order valence-electron chi connectivity index (χ4n) is 2.80. The van der Waals surface area contributed by atoms with Crippen molar-refractivity contribution < 1.29 is 9.47 Å². The molecule has 0 radical (unpaired) electrons. The summed E-state index contributed by atoms with van der Waals surface area (Å²) < 4.78 is 12.7. The Morgan fingerprint density at radius 2 is 2.12 bits per heavy atom. The molecule has 0 aliphatic rings. The van der Waals surface area contributed by atoms with E-state index in [2.05, 4.69) is 32.1 Å². The highest BCUT2D eigenvalue weighted by atomic mass is 16.5. The van der Waals surface area contributed by atoms with Crippen LogP contribution in [-0.2, 0) is 11.3 Å². The van der Waals surface area contributed by atoms with Gasteiger partial charge < -0.3 is 19.4 Å². The Morgan fingerprint density at radius 3 is 2.92 bits per heavy atom. The number of ether oxygens (including phenoxy) is 2. The Hall–Kier alpha value is -2.60. The number of hydrogen-bond donors (Lipinski definition) is 1. The molecule has 0 unspecified atom stereocenters. The summed E-state index contributed by atoms with van der Waals surface area (Å²) in [5.41, 5.74) is 5.18. The Morgan fingerprint density at radius 1 is 1.25 bits per heavy atom. The van der Waals surface area contributed by atoms with Crippen LogP contribution in [0.4, 0.5) is 5.69 Å². The normalized spacial score (nSPS) is 11.0. The molecule has 3 aromatic heterocycles. The van der Waals surface area contributed by atoms with Crippen LogP contribution in [0.2, 0.25) is 0 Å². The predicted molar refractivity (Wildman–Crippen MR) is 94.7 cm³/mol. The number of methoxy groups -OCH3 is 2. The number of aryl methyl sites for hydroxylation is 1. The molecule has 0 saturated carbocycles. The first kappa shape index (κ1) is 16.3. The van der Waals surface area contributed by atoms with Crippen LogP contribution in [-0.4, -0.2) is 41.9 Å². The van der Waals surface area contributed by atoms with Crippen LogP contribution >= 0.6 is 0 Å². The maximum absolute atomic E-state index is 5.41. The molecule has 0 aromatic carbocycles. The van der Waals surface area contributed by atoms with Crippen molar-refractivity contribution in [3.63, 3.8) is 0 Å². The summed E-state index contributed by atoms with van der Waals surface area (Å²) in [5, 5.41) is 3.44. The van der Waals surface area contributed by atoms with Gasteiger partial charge in [0.1, 0.15) is 5.75 Å². The minimum atomic E-state index is 0.655. The van der Waals surface area contributed by atoms with Gasteiger partial charge in [-0.25, -0.2) is 0 Å². The molecule has 0 bridgehead atoms. The fourth-order valence-corrected chi connectivity index (χ4v) is 2.80. The quantitative estimate of drug-likeness (QED) is 0.677. The van der Waals surface area contributed by atoms with Crippen LogP contribution in [0, 0.1) is 6.92 Å². The van der Waals surface area contributed by atoms with E-state index in [0.717, 1.165) is 40.3 Å². The van der Waals surface area contributed by atoms with E-state index in [1.54, 1.807) is 26.6 Å². The largest absolute Gasteiger partial charge is 0.495 e. The zero-order valence-electron chi connectivity index (χ0n) is 14.2. The van der Waals surface area contributed by atoms with E-state index in [-0.39, 0.29) is 0 Å². The van der Waals surface area contributed by atoms with E-state index in [1.807, 2.05) is 19.1 Å². The summed E-state index contributed by atoms with van der Waals surface area (Å²) in [4.78, 5) is 8.75. The van der Waals surface area contributed by atoms with E-state index in [9.17, 15) is 0 Å². The minimum Gasteiger partial charge on any atom is -0.495 e. The van der Waals surface area contributed by atoms with Crippen molar-refractivity contribution in [3.05, 3.63) is 48.0 Å². The van der Waals surface area contributed by atoms with Crippen molar-refractivity contribution in [1.29, 1.82) is 0 Å². The molecular formula is C18H22N4O2. The molecule has 0 saturated heterocycles. The van der Waals surface area contributed by atoms with Crippen molar-refractivity contribution in [2.24, 2.45) is 0 Å². The summed E-state index contributed by atoms with van der Waals surface area (Å²) in [6.07, 6.45) is 5.57. The Kier molecular flexibility index (Phi) is 4.96. The smallest absolute Gasteiger partial charge is 0.142 e. The monoisotopic (exact) mass is 326 g/mol. The number of aromatic nitrogens is 3. The molecule has 0 atom stereocenters. The van der Waals surface area contributed by atoms with Crippen LogP contribution in [0.25, 0.3) is 11.0 Å². The van der Waals surface area contributed by atoms with Crippen molar-refractivity contribution in [2.45, 2.75) is 13.5 Å². The summed E-state index contributed by atoms with van der Waals surface area (Å²) in [6, 6.07) is 6.08. The van der Waals surface area contributed by atoms with E-state index in [0.29, 0.717) is 13.2 Å². The van der Waals surface area contributed by atoms with Crippen molar-refractivity contribution in [1.82, 2.24) is 14.5 Å². The third-order valence-electron chi connectivity index (χ3n) is 3.90. The van der Waals surface area contributed by atoms with E-state index < -0.39 is 0 Å². The first-order valence-corrected chi connectivity index (χ1v) is 7.89. The van der Waals surface area contributed by atoms with Crippen LogP contribution in [0.15, 0.2) is 36.8 Å². The molecule has 3 heterocycles. The second-order valence-electron chi connectivity index (χ2n) is 5.60. The Labute approximate surface area is 141 Å². The molecule has 0 spiro atoms. The molecule has 1 N–H and O–H groups in total. The number of pyridine rings is 2. The standard InChI is InChI=1S/C18H22N4O2/c1-13-10-16(20-7-9-23-2)18-15(21-13)5-8-22(18)12-14-4-6-19-11-17(14)24-3/h4-6,8,10-11H,7,9,12H2,1-3H3,(H,20,21). The van der Waals surface area contributed by atoms with Gasteiger partial charge in [-0.15, -0.1) is 0 Å². The number of rotatable bonds is 7. The predicted octanol–water partition coefficient (Wildman–Crippen LogP) is 2.85. The SMILES string of the molecule is COCCNc1cc(C)nc2ccn(Cc3ccncc3OC)c12. The van der Waals surface area contributed by atoms with Gasteiger partial charge >= 0.3 is 0 Å².